The highest BCUT2D eigenvalue weighted by molar-refractivity contribution is 4.80. The summed E-state index contributed by atoms with van der Waals surface area (Å²) in [6.45, 7) is 5.32. The number of nitrogens with one attached hydrogen (secondary N) is 1. The number of H-pyrrole nitrogens is 1. The number of nitrogens with zero attached hydrogens (tertiary/aromatic N) is 1. The molecule has 0 amide bonds. The molecule has 0 spiro atoms. The maximum atomic E-state index is 11.2. The Labute approximate surface area is 82.6 Å². The molecule has 1 N–H and O–H groups in total. The molecule has 0 unspecified atom stereocenters. The van der Waals surface area contributed by atoms with Gasteiger partial charge in [0.05, 0.1) is 6.54 Å². The quantitative estimate of drug-likeness (QED) is 0.683. The van der Waals surface area contributed by atoms with Crippen LogP contribution < -0.4 is 5.56 Å². The van der Waals surface area contributed by atoms with E-state index in [9.17, 15) is 4.79 Å². The summed E-state index contributed by atoms with van der Waals surface area (Å²) in [5.74, 6) is 0. The Bertz CT molecular complexity index is 299. The first-order chi connectivity index (χ1) is 6.77. The third kappa shape index (κ3) is 3.01. The van der Waals surface area contributed by atoms with Crippen LogP contribution >= 0.6 is 0 Å². The lowest BCUT2D eigenvalue weighted by atomic mass is 10.6. The van der Waals surface area contributed by atoms with Crippen LogP contribution in [-0.2, 0) is 16.0 Å². The fraction of sp³-hybridized carbons (Fsp3) is 0.667. The molecule has 5 nitrogen and oxygen atoms in total. The molecule has 0 atom stereocenters. The van der Waals surface area contributed by atoms with Gasteiger partial charge in [0.1, 0.15) is 0 Å². The summed E-state index contributed by atoms with van der Waals surface area (Å²) >= 11 is 0. The summed E-state index contributed by atoms with van der Waals surface area (Å²) in [6, 6.07) is 1.47. The van der Waals surface area contributed by atoms with Crippen LogP contribution in [0.15, 0.2) is 17.1 Å². The van der Waals surface area contributed by atoms with Crippen molar-refractivity contribution in [3.05, 3.63) is 22.6 Å². The topological polar surface area (TPSA) is 56.2 Å². The zero-order valence-electron chi connectivity index (χ0n) is 8.53. The standard InChI is InChI=1S/C9H16N2O3/c1-3-13-9(14-4-2)7-11-8(12)5-6-10-11/h5-6,9-10H,3-4,7H2,1-2H3. The Morgan fingerprint density at radius 2 is 2.07 bits per heavy atom. The first kappa shape index (κ1) is 11.0. The van der Waals surface area contributed by atoms with Crippen LogP contribution in [0, 0.1) is 0 Å². The monoisotopic (exact) mass is 200 g/mol. The summed E-state index contributed by atoms with van der Waals surface area (Å²) in [7, 11) is 0. The molecule has 5 heteroatoms. The van der Waals surface area contributed by atoms with Crippen molar-refractivity contribution in [2.45, 2.75) is 26.7 Å². The summed E-state index contributed by atoms with van der Waals surface area (Å²) in [4.78, 5) is 11.2. The maximum absolute atomic E-state index is 11.2. The molecule has 80 valence electrons. The van der Waals surface area contributed by atoms with Crippen molar-refractivity contribution in [1.29, 1.82) is 0 Å². The fourth-order valence-corrected chi connectivity index (χ4v) is 1.17. The summed E-state index contributed by atoms with van der Waals surface area (Å²) in [5.41, 5.74) is -0.0746. The van der Waals surface area contributed by atoms with Crippen LogP contribution in [0.5, 0.6) is 0 Å². The molecular formula is C9H16N2O3. The van der Waals surface area contributed by atoms with Crippen LogP contribution in [0.2, 0.25) is 0 Å². The van der Waals surface area contributed by atoms with Crippen LogP contribution in [0.25, 0.3) is 0 Å². The Morgan fingerprint density at radius 1 is 1.43 bits per heavy atom. The second-order valence-corrected chi connectivity index (χ2v) is 2.75. The van der Waals surface area contributed by atoms with Crippen LogP contribution in [-0.4, -0.2) is 29.3 Å². The second-order valence-electron chi connectivity index (χ2n) is 2.75. The van der Waals surface area contributed by atoms with Crippen molar-refractivity contribution in [2.24, 2.45) is 0 Å². The lowest BCUT2D eigenvalue weighted by Crippen LogP contribution is -2.29. The average Bonchev–Trinajstić information content (AvgIpc) is 2.53. The van der Waals surface area contributed by atoms with Gasteiger partial charge in [-0.1, -0.05) is 0 Å². The molecule has 0 bridgehead atoms. The van der Waals surface area contributed by atoms with Crippen LogP contribution in [0.4, 0.5) is 0 Å². The molecule has 0 saturated carbocycles. The highest BCUT2D eigenvalue weighted by Gasteiger charge is 2.09. The van der Waals surface area contributed by atoms with E-state index in [1.165, 1.54) is 10.7 Å². The van der Waals surface area contributed by atoms with Crippen LogP contribution in [0.3, 0.4) is 0 Å². The van der Waals surface area contributed by atoms with Crippen molar-refractivity contribution >= 4 is 0 Å². The molecule has 1 aromatic heterocycles. The molecule has 0 aliphatic heterocycles. The van der Waals surface area contributed by atoms with Gasteiger partial charge in [-0.25, -0.2) is 4.68 Å². The predicted molar refractivity (Wildman–Crippen MR) is 52.1 cm³/mol. The minimum atomic E-state index is -0.360. The third-order valence-corrected chi connectivity index (χ3v) is 1.76. The van der Waals surface area contributed by atoms with Gasteiger partial charge in [-0.15, -0.1) is 0 Å². The highest BCUT2D eigenvalue weighted by Crippen LogP contribution is 1.97. The zero-order chi connectivity index (χ0) is 10.4. The van der Waals surface area contributed by atoms with Gasteiger partial charge in [-0.3, -0.25) is 4.79 Å². The Balaban J connectivity index is 2.55. The third-order valence-electron chi connectivity index (χ3n) is 1.76. The second kappa shape index (κ2) is 5.62. The molecule has 0 aliphatic carbocycles. The molecule has 1 aromatic rings. The number of aromatic amines is 1. The average molecular weight is 200 g/mol. The number of hydrogen-bond donors (Lipinski definition) is 1. The summed E-state index contributed by atoms with van der Waals surface area (Å²) in [6.07, 6.45) is 1.23. The van der Waals surface area contributed by atoms with Crippen molar-refractivity contribution < 1.29 is 9.47 Å². The van der Waals surface area contributed by atoms with E-state index in [-0.39, 0.29) is 11.8 Å². The minimum absolute atomic E-state index is 0.0746. The van der Waals surface area contributed by atoms with E-state index >= 15 is 0 Å². The molecule has 0 radical (unpaired) electrons. The van der Waals surface area contributed by atoms with Gasteiger partial charge in [0.15, 0.2) is 6.29 Å². The first-order valence-electron chi connectivity index (χ1n) is 4.75. The van der Waals surface area contributed by atoms with Crippen molar-refractivity contribution in [2.75, 3.05) is 13.2 Å². The lowest BCUT2D eigenvalue weighted by Gasteiger charge is -2.16. The van der Waals surface area contributed by atoms with Gasteiger partial charge in [-0.2, -0.15) is 0 Å². The zero-order valence-corrected chi connectivity index (χ0v) is 8.53. The lowest BCUT2D eigenvalue weighted by molar-refractivity contribution is -0.145. The van der Waals surface area contributed by atoms with E-state index in [0.29, 0.717) is 19.8 Å². The summed E-state index contributed by atoms with van der Waals surface area (Å²) in [5, 5.41) is 2.80. The molecule has 0 aromatic carbocycles. The molecule has 0 aliphatic rings. The summed E-state index contributed by atoms with van der Waals surface area (Å²) < 4.78 is 12.1. The largest absolute Gasteiger partial charge is 0.351 e. The number of hydrogen-bond acceptors (Lipinski definition) is 3. The smallest absolute Gasteiger partial charge is 0.266 e. The van der Waals surface area contributed by atoms with E-state index in [1.807, 2.05) is 13.8 Å². The highest BCUT2D eigenvalue weighted by atomic mass is 16.7. The van der Waals surface area contributed by atoms with Gasteiger partial charge < -0.3 is 14.6 Å². The van der Waals surface area contributed by atoms with E-state index in [4.69, 9.17) is 9.47 Å². The molecule has 0 saturated heterocycles. The van der Waals surface area contributed by atoms with E-state index in [0.717, 1.165) is 0 Å². The molecular weight excluding hydrogens is 184 g/mol. The molecule has 14 heavy (non-hydrogen) atoms. The van der Waals surface area contributed by atoms with Gasteiger partial charge in [0, 0.05) is 25.5 Å². The molecule has 1 rings (SSSR count). The number of ether oxygens (including phenoxy) is 2. The van der Waals surface area contributed by atoms with E-state index < -0.39 is 0 Å². The predicted octanol–water partition coefficient (Wildman–Crippen LogP) is 0.576. The maximum Gasteiger partial charge on any atom is 0.266 e. The van der Waals surface area contributed by atoms with E-state index in [2.05, 4.69) is 5.10 Å². The molecule has 0 fully saturated rings. The van der Waals surface area contributed by atoms with E-state index in [1.54, 1.807) is 6.20 Å². The van der Waals surface area contributed by atoms with Gasteiger partial charge in [0.2, 0.25) is 0 Å². The SMILES string of the molecule is CCOC(Cn1[nH]ccc1=O)OCC. The van der Waals surface area contributed by atoms with Crippen molar-refractivity contribution in [1.82, 2.24) is 9.78 Å². The fourth-order valence-electron chi connectivity index (χ4n) is 1.17. The van der Waals surface area contributed by atoms with Gasteiger partial charge >= 0.3 is 0 Å². The number of rotatable bonds is 6. The minimum Gasteiger partial charge on any atom is -0.351 e. The van der Waals surface area contributed by atoms with Gasteiger partial charge in [0.25, 0.3) is 5.56 Å². The Morgan fingerprint density at radius 3 is 2.50 bits per heavy atom. The first-order valence-corrected chi connectivity index (χ1v) is 4.75. The van der Waals surface area contributed by atoms with Gasteiger partial charge in [-0.05, 0) is 13.8 Å². The van der Waals surface area contributed by atoms with Crippen molar-refractivity contribution in [3.63, 3.8) is 0 Å². The Hall–Kier alpha value is -1.07. The normalized spacial score (nSPS) is 11.1. The molecule has 1 heterocycles. The Kier molecular flexibility index (Phi) is 4.42. The van der Waals surface area contributed by atoms with Crippen LogP contribution in [0.1, 0.15) is 13.8 Å². The van der Waals surface area contributed by atoms with Crippen molar-refractivity contribution in [3.8, 4) is 0 Å². The number of aromatic nitrogens is 2.